The Labute approximate surface area is 115 Å². The second-order valence-electron chi connectivity index (χ2n) is 4.05. The van der Waals surface area contributed by atoms with E-state index in [9.17, 15) is 9.18 Å². The van der Waals surface area contributed by atoms with Crippen LogP contribution >= 0.6 is 11.6 Å². The molecule has 5 heteroatoms. The minimum Gasteiger partial charge on any atom is -0.397 e. The minimum atomic E-state index is -0.443. The van der Waals surface area contributed by atoms with Crippen molar-refractivity contribution in [1.29, 1.82) is 0 Å². The number of rotatable bonds is 3. The van der Waals surface area contributed by atoms with E-state index in [2.05, 4.69) is 5.32 Å². The van der Waals surface area contributed by atoms with E-state index in [4.69, 9.17) is 17.3 Å². The predicted molar refractivity (Wildman–Crippen MR) is 74.6 cm³/mol. The lowest BCUT2D eigenvalue weighted by Crippen LogP contribution is -2.15. The number of nitrogens with one attached hydrogen (secondary N) is 1. The summed E-state index contributed by atoms with van der Waals surface area (Å²) in [4.78, 5) is 11.9. The Balaban J connectivity index is 2.08. The first-order valence-corrected chi connectivity index (χ1v) is 6.02. The molecule has 0 saturated carbocycles. The van der Waals surface area contributed by atoms with Crippen LogP contribution in [0.15, 0.2) is 42.5 Å². The third-order valence-electron chi connectivity index (χ3n) is 2.60. The fourth-order valence-corrected chi connectivity index (χ4v) is 1.86. The summed E-state index contributed by atoms with van der Waals surface area (Å²) in [6, 6.07) is 10.9. The number of halogens is 2. The predicted octanol–water partition coefficient (Wildman–Crippen LogP) is 3.24. The van der Waals surface area contributed by atoms with Gasteiger partial charge in [0.2, 0.25) is 5.91 Å². The van der Waals surface area contributed by atoms with Crippen molar-refractivity contribution in [3.63, 3.8) is 0 Å². The largest absolute Gasteiger partial charge is 0.397 e. The molecular formula is C14H12ClFN2O. The van der Waals surface area contributed by atoms with E-state index in [-0.39, 0.29) is 18.0 Å². The van der Waals surface area contributed by atoms with Gasteiger partial charge in [-0.05, 0) is 29.8 Å². The van der Waals surface area contributed by atoms with Crippen molar-refractivity contribution in [3.05, 3.63) is 58.9 Å². The molecule has 0 radical (unpaired) electrons. The molecular weight excluding hydrogens is 267 g/mol. The molecule has 1 amide bonds. The van der Waals surface area contributed by atoms with Crippen LogP contribution in [0.1, 0.15) is 5.56 Å². The Morgan fingerprint density at radius 3 is 2.68 bits per heavy atom. The normalized spacial score (nSPS) is 10.2. The standard InChI is InChI=1S/C14H12ClFN2O/c15-11-4-2-1-3-9(11)7-14(19)18-13-6-5-10(16)8-12(13)17/h1-6,8H,7,17H2,(H,18,19). The van der Waals surface area contributed by atoms with Gasteiger partial charge < -0.3 is 11.1 Å². The van der Waals surface area contributed by atoms with Gasteiger partial charge in [-0.25, -0.2) is 4.39 Å². The summed E-state index contributed by atoms with van der Waals surface area (Å²) in [6.07, 6.45) is 0.135. The lowest BCUT2D eigenvalue weighted by atomic mass is 10.1. The molecule has 0 spiro atoms. The van der Waals surface area contributed by atoms with E-state index >= 15 is 0 Å². The number of nitrogen functional groups attached to an aromatic ring is 1. The minimum absolute atomic E-state index is 0.135. The molecule has 3 N–H and O–H groups in total. The van der Waals surface area contributed by atoms with Gasteiger partial charge >= 0.3 is 0 Å². The smallest absolute Gasteiger partial charge is 0.228 e. The second kappa shape index (κ2) is 5.71. The number of carbonyl (C=O) groups excluding carboxylic acids is 1. The number of nitrogens with two attached hydrogens (primary N) is 1. The van der Waals surface area contributed by atoms with Crippen LogP contribution in [-0.2, 0) is 11.2 Å². The van der Waals surface area contributed by atoms with Crippen molar-refractivity contribution in [2.24, 2.45) is 0 Å². The molecule has 0 bridgehead atoms. The Morgan fingerprint density at radius 2 is 2.00 bits per heavy atom. The summed E-state index contributed by atoms with van der Waals surface area (Å²) in [5.41, 5.74) is 6.91. The highest BCUT2D eigenvalue weighted by molar-refractivity contribution is 6.31. The average molecular weight is 279 g/mol. The van der Waals surface area contributed by atoms with E-state index in [1.165, 1.54) is 12.1 Å². The molecule has 0 aliphatic heterocycles. The first-order chi connectivity index (χ1) is 9.06. The molecule has 0 fully saturated rings. The van der Waals surface area contributed by atoms with Crippen molar-refractivity contribution < 1.29 is 9.18 Å². The number of hydrogen-bond acceptors (Lipinski definition) is 2. The van der Waals surface area contributed by atoms with Crippen molar-refractivity contribution in [3.8, 4) is 0 Å². The highest BCUT2D eigenvalue weighted by Gasteiger charge is 2.09. The molecule has 0 heterocycles. The van der Waals surface area contributed by atoms with Gasteiger partial charge in [-0.1, -0.05) is 29.8 Å². The van der Waals surface area contributed by atoms with E-state index in [1.807, 2.05) is 0 Å². The molecule has 2 rings (SSSR count). The Kier molecular flexibility index (Phi) is 4.02. The highest BCUT2D eigenvalue weighted by atomic mass is 35.5. The van der Waals surface area contributed by atoms with Crippen LogP contribution in [-0.4, -0.2) is 5.91 Å². The van der Waals surface area contributed by atoms with E-state index < -0.39 is 5.82 Å². The summed E-state index contributed by atoms with van der Waals surface area (Å²) in [7, 11) is 0. The van der Waals surface area contributed by atoms with Crippen LogP contribution in [0.4, 0.5) is 15.8 Å². The number of benzene rings is 2. The number of hydrogen-bond donors (Lipinski definition) is 2. The molecule has 2 aromatic rings. The molecule has 19 heavy (non-hydrogen) atoms. The van der Waals surface area contributed by atoms with Gasteiger partial charge in [-0.15, -0.1) is 0 Å². The van der Waals surface area contributed by atoms with Crippen LogP contribution in [0.25, 0.3) is 0 Å². The fourth-order valence-electron chi connectivity index (χ4n) is 1.66. The maximum atomic E-state index is 12.9. The lowest BCUT2D eigenvalue weighted by molar-refractivity contribution is -0.115. The Bertz CT molecular complexity index is 616. The van der Waals surface area contributed by atoms with Gasteiger partial charge in [0.15, 0.2) is 0 Å². The quantitative estimate of drug-likeness (QED) is 0.847. The number of carbonyl (C=O) groups is 1. The third-order valence-corrected chi connectivity index (χ3v) is 2.97. The molecule has 2 aromatic carbocycles. The van der Waals surface area contributed by atoms with Crippen molar-refractivity contribution in [2.45, 2.75) is 6.42 Å². The first kappa shape index (κ1) is 13.4. The van der Waals surface area contributed by atoms with Gasteiger partial charge in [0.1, 0.15) is 5.82 Å². The number of amides is 1. The van der Waals surface area contributed by atoms with Crippen molar-refractivity contribution >= 4 is 28.9 Å². The first-order valence-electron chi connectivity index (χ1n) is 5.64. The van der Waals surface area contributed by atoms with E-state index in [0.29, 0.717) is 10.7 Å². The fraction of sp³-hybridized carbons (Fsp3) is 0.0714. The zero-order valence-electron chi connectivity index (χ0n) is 9.99. The van der Waals surface area contributed by atoms with Crippen LogP contribution < -0.4 is 11.1 Å². The molecule has 0 saturated heterocycles. The van der Waals surface area contributed by atoms with Crippen molar-refractivity contribution in [1.82, 2.24) is 0 Å². The Hall–Kier alpha value is -2.07. The summed E-state index contributed by atoms with van der Waals surface area (Å²) < 4.78 is 12.9. The van der Waals surface area contributed by atoms with Gasteiger partial charge in [0.05, 0.1) is 17.8 Å². The monoisotopic (exact) mass is 278 g/mol. The molecule has 98 valence electrons. The zero-order valence-corrected chi connectivity index (χ0v) is 10.7. The van der Waals surface area contributed by atoms with Crippen LogP contribution in [0.2, 0.25) is 5.02 Å². The Morgan fingerprint density at radius 1 is 1.26 bits per heavy atom. The number of anilines is 2. The average Bonchev–Trinajstić information content (AvgIpc) is 2.36. The van der Waals surface area contributed by atoms with E-state index in [0.717, 1.165) is 11.6 Å². The lowest BCUT2D eigenvalue weighted by Gasteiger charge is -2.09. The second-order valence-corrected chi connectivity index (χ2v) is 4.46. The SMILES string of the molecule is Nc1cc(F)ccc1NC(=O)Cc1ccccc1Cl. The molecule has 0 aliphatic rings. The summed E-state index contributed by atoms with van der Waals surface area (Å²) >= 11 is 5.97. The van der Waals surface area contributed by atoms with Crippen LogP contribution in [0, 0.1) is 5.82 Å². The molecule has 0 unspecified atom stereocenters. The molecule has 0 aliphatic carbocycles. The third kappa shape index (κ3) is 3.45. The van der Waals surface area contributed by atoms with Gasteiger partial charge in [-0.3, -0.25) is 4.79 Å². The molecule has 0 aromatic heterocycles. The highest BCUT2D eigenvalue weighted by Crippen LogP contribution is 2.20. The summed E-state index contributed by atoms with van der Waals surface area (Å²) in [5, 5.41) is 3.16. The maximum absolute atomic E-state index is 12.9. The van der Waals surface area contributed by atoms with Gasteiger partial charge in [-0.2, -0.15) is 0 Å². The molecule has 3 nitrogen and oxygen atoms in total. The van der Waals surface area contributed by atoms with Crippen molar-refractivity contribution in [2.75, 3.05) is 11.1 Å². The summed E-state index contributed by atoms with van der Waals surface area (Å²) in [6.45, 7) is 0. The maximum Gasteiger partial charge on any atom is 0.228 e. The molecule has 0 atom stereocenters. The van der Waals surface area contributed by atoms with Crippen LogP contribution in [0.5, 0.6) is 0 Å². The topological polar surface area (TPSA) is 55.1 Å². The van der Waals surface area contributed by atoms with E-state index in [1.54, 1.807) is 24.3 Å². The van der Waals surface area contributed by atoms with Crippen LogP contribution in [0.3, 0.4) is 0 Å². The summed E-state index contributed by atoms with van der Waals surface area (Å²) in [5.74, 6) is -0.701. The zero-order chi connectivity index (χ0) is 13.8. The van der Waals surface area contributed by atoms with Gasteiger partial charge in [0.25, 0.3) is 0 Å². The van der Waals surface area contributed by atoms with Gasteiger partial charge in [0, 0.05) is 5.02 Å².